The molecule has 0 bridgehead atoms. The van der Waals surface area contributed by atoms with E-state index in [1.165, 1.54) is 0 Å². The van der Waals surface area contributed by atoms with Crippen molar-refractivity contribution in [1.82, 2.24) is 10.2 Å². The van der Waals surface area contributed by atoms with Gasteiger partial charge in [0.05, 0.1) is 6.54 Å². The van der Waals surface area contributed by atoms with Crippen LogP contribution in [-0.4, -0.2) is 48.0 Å². The number of carbonyl (C=O) groups excluding carboxylic acids is 2. The van der Waals surface area contributed by atoms with Gasteiger partial charge in [0.1, 0.15) is 24.0 Å². The van der Waals surface area contributed by atoms with Gasteiger partial charge in [0.25, 0.3) is 5.91 Å². The summed E-state index contributed by atoms with van der Waals surface area (Å²) in [7, 11) is 0. The lowest BCUT2D eigenvalue weighted by Gasteiger charge is -2.23. The summed E-state index contributed by atoms with van der Waals surface area (Å²) in [4.78, 5) is 26.6. The first-order chi connectivity index (χ1) is 14.3. The largest absolute Gasteiger partial charge is 0.491 e. The molecule has 1 saturated heterocycles. The van der Waals surface area contributed by atoms with Crippen molar-refractivity contribution in [3.8, 4) is 17.2 Å². The minimum Gasteiger partial charge on any atom is -0.491 e. The zero-order chi connectivity index (χ0) is 21.5. The molecule has 2 aliphatic rings. The van der Waals surface area contributed by atoms with Gasteiger partial charge in [-0.05, 0) is 61.7 Å². The van der Waals surface area contributed by atoms with Crippen molar-refractivity contribution in [2.75, 3.05) is 19.9 Å². The van der Waals surface area contributed by atoms with E-state index in [9.17, 15) is 14.7 Å². The Kier molecular flexibility index (Phi) is 5.03. The number of fused-ring (bicyclic) bond motifs is 1. The normalized spacial score (nSPS) is 21.0. The molecule has 0 unspecified atom stereocenters. The Morgan fingerprint density at radius 3 is 2.57 bits per heavy atom. The Morgan fingerprint density at radius 1 is 1.13 bits per heavy atom. The average molecular weight is 412 g/mol. The summed E-state index contributed by atoms with van der Waals surface area (Å²) in [6.07, 6.45) is -1.03. The number of amides is 3. The van der Waals surface area contributed by atoms with Crippen molar-refractivity contribution >= 4 is 11.9 Å². The van der Waals surface area contributed by atoms with E-state index in [1.807, 2.05) is 32.0 Å². The fraction of sp³-hybridized carbons (Fsp3) is 0.364. The summed E-state index contributed by atoms with van der Waals surface area (Å²) < 4.78 is 16.3. The van der Waals surface area contributed by atoms with Gasteiger partial charge in [-0.3, -0.25) is 9.69 Å². The molecule has 0 saturated carbocycles. The minimum atomic E-state index is -1.26. The molecular formula is C22H24N2O6. The highest BCUT2D eigenvalue weighted by atomic mass is 16.7. The maximum Gasteiger partial charge on any atom is 0.325 e. The van der Waals surface area contributed by atoms with Crippen LogP contribution in [-0.2, 0) is 10.3 Å². The molecular weight excluding hydrogens is 388 g/mol. The van der Waals surface area contributed by atoms with Gasteiger partial charge in [0.15, 0.2) is 11.5 Å². The van der Waals surface area contributed by atoms with Gasteiger partial charge in [0, 0.05) is 0 Å². The van der Waals surface area contributed by atoms with Crippen molar-refractivity contribution in [3.05, 3.63) is 53.1 Å². The third-order valence-electron chi connectivity index (χ3n) is 5.26. The van der Waals surface area contributed by atoms with Crippen molar-refractivity contribution in [2.45, 2.75) is 32.4 Å². The quantitative estimate of drug-likeness (QED) is 0.707. The number of benzene rings is 2. The maximum atomic E-state index is 13.1. The number of hydrogen-bond acceptors (Lipinski definition) is 6. The molecule has 8 nitrogen and oxygen atoms in total. The molecule has 2 aromatic rings. The second kappa shape index (κ2) is 7.53. The van der Waals surface area contributed by atoms with E-state index in [2.05, 4.69) is 5.32 Å². The maximum absolute atomic E-state index is 13.1. The fourth-order valence-electron chi connectivity index (χ4n) is 3.74. The first-order valence-corrected chi connectivity index (χ1v) is 9.69. The molecule has 0 aromatic heterocycles. The van der Waals surface area contributed by atoms with E-state index in [0.29, 0.717) is 22.8 Å². The third-order valence-corrected chi connectivity index (χ3v) is 5.26. The number of nitrogens with one attached hydrogen (secondary N) is 1. The SMILES string of the molecule is Cc1cc(C)cc(OC[C@@H](O)CN2C(=O)N[C@](C)(c3ccc4c(c3)OCO4)C2=O)c1. The molecule has 2 aliphatic heterocycles. The molecule has 2 aromatic carbocycles. The van der Waals surface area contributed by atoms with E-state index in [0.717, 1.165) is 16.0 Å². The van der Waals surface area contributed by atoms with Crippen LogP contribution in [0.5, 0.6) is 17.2 Å². The van der Waals surface area contributed by atoms with Crippen LogP contribution in [0.3, 0.4) is 0 Å². The monoisotopic (exact) mass is 412 g/mol. The highest BCUT2D eigenvalue weighted by Crippen LogP contribution is 2.37. The lowest BCUT2D eigenvalue weighted by atomic mass is 9.91. The van der Waals surface area contributed by atoms with Crippen LogP contribution in [0.4, 0.5) is 4.79 Å². The molecule has 3 amide bonds. The molecule has 30 heavy (non-hydrogen) atoms. The zero-order valence-corrected chi connectivity index (χ0v) is 17.1. The summed E-state index contributed by atoms with van der Waals surface area (Å²) in [5.41, 5.74) is 1.42. The summed E-state index contributed by atoms with van der Waals surface area (Å²) in [5, 5.41) is 13.1. The standard InChI is InChI=1S/C22H24N2O6/c1-13-6-14(2)8-17(7-13)28-11-16(25)10-24-20(26)22(3,23-21(24)27)15-4-5-18-19(9-15)30-12-29-18/h4-9,16,25H,10-12H2,1-3H3,(H,23,27)/t16-,22+/m0/s1. The molecule has 0 spiro atoms. The molecule has 4 rings (SSSR count). The van der Waals surface area contributed by atoms with Crippen LogP contribution >= 0.6 is 0 Å². The zero-order valence-electron chi connectivity index (χ0n) is 17.1. The highest BCUT2D eigenvalue weighted by Gasteiger charge is 2.49. The number of ether oxygens (including phenoxy) is 3. The molecule has 2 N–H and O–H groups in total. The Labute approximate surface area is 174 Å². The number of rotatable bonds is 6. The molecule has 0 aliphatic carbocycles. The van der Waals surface area contributed by atoms with Gasteiger partial charge in [-0.2, -0.15) is 0 Å². The lowest BCUT2D eigenvalue weighted by Crippen LogP contribution is -2.42. The topological polar surface area (TPSA) is 97.3 Å². The number of β-amino-alcohol motifs (C(OH)–C–C–N with tert-alkyl or cyclic N) is 1. The number of aryl methyl sites for hydroxylation is 2. The Morgan fingerprint density at radius 2 is 1.83 bits per heavy atom. The van der Waals surface area contributed by atoms with Gasteiger partial charge in [-0.25, -0.2) is 4.79 Å². The van der Waals surface area contributed by atoms with Crippen LogP contribution in [0, 0.1) is 13.8 Å². The van der Waals surface area contributed by atoms with E-state index in [1.54, 1.807) is 25.1 Å². The van der Waals surface area contributed by atoms with Gasteiger partial charge in [-0.1, -0.05) is 12.1 Å². The number of imide groups is 1. The highest BCUT2D eigenvalue weighted by molar-refractivity contribution is 6.07. The average Bonchev–Trinajstić information content (AvgIpc) is 3.24. The number of urea groups is 1. The number of nitrogens with zero attached hydrogens (tertiary/aromatic N) is 1. The minimum absolute atomic E-state index is 0.0410. The second-order valence-electron chi connectivity index (χ2n) is 7.83. The van der Waals surface area contributed by atoms with Crippen LogP contribution in [0.25, 0.3) is 0 Å². The molecule has 2 heterocycles. The summed E-state index contributed by atoms with van der Waals surface area (Å²) in [6.45, 7) is 5.45. The van der Waals surface area contributed by atoms with Crippen molar-refractivity contribution in [2.24, 2.45) is 0 Å². The van der Waals surface area contributed by atoms with Gasteiger partial charge < -0.3 is 24.6 Å². The fourth-order valence-corrected chi connectivity index (χ4v) is 3.74. The first-order valence-electron chi connectivity index (χ1n) is 9.69. The number of hydrogen-bond donors (Lipinski definition) is 2. The Hall–Kier alpha value is -3.26. The van der Waals surface area contributed by atoms with E-state index in [4.69, 9.17) is 14.2 Å². The number of aliphatic hydroxyl groups excluding tert-OH is 1. The predicted molar refractivity (Wildman–Crippen MR) is 108 cm³/mol. The summed E-state index contributed by atoms with van der Waals surface area (Å²) >= 11 is 0. The van der Waals surface area contributed by atoms with Gasteiger partial charge >= 0.3 is 6.03 Å². The molecule has 2 atom stereocenters. The van der Waals surface area contributed by atoms with Crippen molar-refractivity contribution in [3.63, 3.8) is 0 Å². The molecule has 1 fully saturated rings. The summed E-state index contributed by atoms with van der Waals surface area (Å²) in [6, 6.07) is 10.3. The van der Waals surface area contributed by atoms with Crippen molar-refractivity contribution in [1.29, 1.82) is 0 Å². The smallest absolute Gasteiger partial charge is 0.325 e. The van der Waals surface area contributed by atoms with E-state index < -0.39 is 23.6 Å². The Bertz CT molecular complexity index is 987. The summed E-state index contributed by atoms with van der Waals surface area (Å²) in [5.74, 6) is 1.30. The van der Waals surface area contributed by atoms with Gasteiger partial charge in [0.2, 0.25) is 6.79 Å². The first kappa shape index (κ1) is 20.0. The second-order valence-corrected chi connectivity index (χ2v) is 7.83. The van der Waals surface area contributed by atoms with E-state index in [-0.39, 0.29) is 19.9 Å². The van der Waals surface area contributed by atoms with Gasteiger partial charge in [-0.15, -0.1) is 0 Å². The molecule has 8 heteroatoms. The van der Waals surface area contributed by atoms with Crippen LogP contribution in [0.15, 0.2) is 36.4 Å². The predicted octanol–water partition coefficient (Wildman–Crippen LogP) is 2.24. The lowest BCUT2D eigenvalue weighted by molar-refractivity contribution is -0.132. The molecule has 158 valence electrons. The van der Waals surface area contributed by atoms with E-state index >= 15 is 0 Å². The van der Waals surface area contributed by atoms with Crippen LogP contribution < -0.4 is 19.5 Å². The van der Waals surface area contributed by atoms with Crippen LogP contribution in [0.2, 0.25) is 0 Å². The number of aliphatic hydroxyl groups is 1. The van der Waals surface area contributed by atoms with Crippen LogP contribution in [0.1, 0.15) is 23.6 Å². The Balaban J connectivity index is 1.43. The third kappa shape index (κ3) is 3.66. The molecule has 0 radical (unpaired) electrons. The van der Waals surface area contributed by atoms with Crippen molar-refractivity contribution < 1.29 is 28.9 Å². The number of carbonyl (C=O) groups is 2.